The van der Waals surface area contributed by atoms with E-state index in [0.29, 0.717) is 17.4 Å². The van der Waals surface area contributed by atoms with Gasteiger partial charge in [-0.05, 0) is 37.5 Å². The maximum atomic E-state index is 14.1. The second-order valence-electron chi connectivity index (χ2n) is 5.79. The second-order valence-corrected chi connectivity index (χ2v) is 5.79. The molecule has 2 aromatic rings. The molecule has 1 fully saturated rings. The average Bonchev–Trinajstić information content (AvgIpc) is 2.86. The van der Waals surface area contributed by atoms with Crippen LogP contribution in [0, 0.1) is 18.6 Å². The summed E-state index contributed by atoms with van der Waals surface area (Å²) in [6, 6.07) is 2.67. The fraction of sp³-hybridized carbons (Fsp3) is 0.438. The minimum Gasteiger partial charge on any atom is -0.396 e. The Morgan fingerprint density at radius 2 is 1.86 bits per heavy atom. The van der Waals surface area contributed by atoms with E-state index in [2.05, 4.69) is 5.10 Å². The lowest BCUT2D eigenvalue weighted by atomic mass is 9.96. The molecule has 0 saturated heterocycles. The Labute approximate surface area is 122 Å². The molecule has 0 aliphatic heterocycles. The molecule has 1 aromatic heterocycles. The van der Waals surface area contributed by atoms with Crippen molar-refractivity contribution in [1.29, 1.82) is 0 Å². The third-order valence-electron chi connectivity index (χ3n) is 4.21. The molecular weight excluding hydrogens is 272 g/mol. The van der Waals surface area contributed by atoms with Crippen molar-refractivity contribution in [2.45, 2.75) is 45.1 Å². The number of aryl methyl sites for hydroxylation is 1. The molecule has 1 aromatic carbocycles. The molecule has 0 spiro atoms. The molecule has 1 heterocycles. The standard InChI is InChI=1S/C16H19F2N3/c1-10-7-14(18)12(8-13(10)17)16-15(19)9-21(20-16)11-5-3-2-4-6-11/h7-9,11H,2-6,19H2,1H3. The van der Waals surface area contributed by atoms with Crippen LogP contribution in [0.5, 0.6) is 0 Å². The van der Waals surface area contributed by atoms with Crippen LogP contribution >= 0.6 is 0 Å². The predicted octanol–water partition coefficient (Wildman–Crippen LogP) is 4.22. The van der Waals surface area contributed by atoms with Crippen LogP contribution in [0.25, 0.3) is 11.3 Å². The first-order valence-corrected chi connectivity index (χ1v) is 7.37. The van der Waals surface area contributed by atoms with Gasteiger partial charge in [0.05, 0.1) is 11.7 Å². The number of rotatable bonds is 2. The molecule has 0 radical (unpaired) electrons. The van der Waals surface area contributed by atoms with Gasteiger partial charge in [0.15, 0.2) is 0 Å². The van der Waals surface area contributed by atoms with Crippen molar-refractivity contribution < 1.29 is 8.78 Å². The van der Waals surface area contributed by atoms with Crippen molar-refractivity contribution in [3.63, 3.8) is 0 Å². The zero-order valence-corrected chi connectivity index (χ0v) is 12.1. The number of halogens is 2. The fourth-order valence-corrected chi connectivity index (χ4v) is 2.98. The van der Waals surface area contributed by atoms with E-state index in [4.69, 9.17) is 5.73 Å². The Bertz CT molecular complexity index is 658. The number of benzene rings is 1. The van der Waals surface area contributed by atoms with Crippen LogP contribution in [-0.2, 0) is 0 Å². The Balaban J connectivity index is 1.99. The van der Waals surface area contributed by atoms with Gasteiger partial charge in [-0.2, -0.15) is 5.10 Å². The summed E-state index contributed by atoms with van der Waals surface area (Å²) in [5.41, 5.74) is 7.10. The molecule has 1 aliphatic carbocycles. The molecule has 0 atom stereocenters. The van der Waals surface area contributed by atoms with E-state index in [-0.39, 0.29) is 11.1 Å². The van der Waals surface area contributed by atoms with Gasteiger partial charge in [-0.1, -0.05) is 19.3 Å². The molecule has 0 bridgehead atoms. The first kappa shape index (κ1) is 14.0. The van der Waals surface area contributed by atoms with Crippen LogP contribution in [0.3, 0.4) is 0 Å². The summed E-state index contributed by atoms with van der Waals surface area (Å²) in [6.07, 6.45) is 7.46. The second kappa shape index (κ2) is 5.47. The molecule has 3 nitrogen and oxygen atoms in total. The van der Waals surface area contributed by atoms with E-state index in [1.54, 1.807) is 6.20 Å². The lowest BCUT2D eigenvalue weighted by Crippen LogP contribution is -2.13. The van der Waals surface area contributed by atoms with Gasteiger partial charge in [0, 0.05) is 11.8 Å². The molecular formula is C16H19F2N3. The summed E-state index contributed by atoms with van der Waals surface area (Å²) in [6.45, 7) is 1.53. The molecule has 3 rings (SSSR count). The maximum absolute atomic E-state index is 14.1. The van der Waals surface area contributed by atoms with Crippen molar-refractivity contribution in [2.75, 3.05) is 5.73 Å². The largest absolute Gasteiger partial charge is 0.396 e. The van der Waals surface area contributed by atoms with Gasteiger partial charge in [0.25, 0.3) is 0 Å². The van der Waals surface area contributed by atoms with Crippen molar-refractivity contribution >= 4 is 5.69 Å². The van der Waals surface area contributed by atoms with Crippen LogP contribution in [0.1, 0.15) is 43.7 Å². The normalized spacial score (nSPS) is 16.3. The van der Waals surface area contributed by atoms with Crippen LogP contribution in [0.15, 0.2) is 18.3 Å². The van der Waals surface area contributed by atoms with E-state index >= 15 is 0 Å². The predicted molar refractivity (Wildman–Crippen MR) is 78.9 cm³/mol. The molecule has 0 amide bonds. The summed E-state index contributed by atoms with van der Waals surface area (Å²) >= 11 is 0. The van der Waals surface area contributed by atoms with Gasteiger partial charge in [0.1, 0.15) is 17.3 Å². The third-order valence-corrected chi connectivity index (χ3v) is 4.21. The fourth-order valence-electron chi connectivity index (χ4n) is 2.98. The molecule has 1 aliphatic rings. The van der Waals surface area contributed by atoms with Gasteiger partial charge in [-0.3, -0.25) is 4.68 Å². The molecule has 2 N–H and O–H groups in total. The number of nitrogens with zero attached hydrogens (tertiary/aromatic N) is 2. The van der Waals surface area contributed by atoms with Crippen molar-refractivity contribution in [1.82, 2.24) is 9.78 Å². The van der Waals surface area contributed by atoms with Crippen molar-refractivity contribution in [3.05, 3.63) is 35.5 Å². The van der Waals surface area contributed by atoms with E-state index in [1.807, 2.05) is 4.68 Å². The van der Waals surface area contributed by atoms with Crippen LogP contribution in [0.4, 0.5) is 14.5 Å². The first-order chi connectivity index (χ1) is 10.1. The van der Waals surface area contributed by atoms with Crippen LogP contribution in [0.2, 0.25) is 0 Å². The number of aromatic nitrogens is 2. The van der Waals surface area contributed by atoms with E-state index in [0.717, 1.165) is 12.8 Å². The summed E-state index contributed by atoms with van der Waals surface area (Å²) < 4.78 is 29.6. The van der Waals surface area contributed by atoms with Crippen LogP contribution < -0.4 is 5.73 Å². The third kappa shape index (κ3) is 2.64. The Kier molecular flexibility index (Phi) is 3.66. The lowest BCUT2D eigenvalue weighted by Gasteiger charge is -2.21. The van der Waals surface area contributed by atoms with Gasteiger partial charge in [0.2, 0.25) is 0 Å². The molecule has 21 heavy (non-hydrogen) atoms. The number of nitrogens with two attached hydrogens (primary N) is 1. The van der Waals surface area contributed by atoms with Crippen LogP contribution in [-0.4, -0.2) is 9.78 Å². The summed E-state index contributed by atoms with van der Waals surface area (Å²) in [5.74, 6) is -0.937. The molecule has 1 saturated carbocycles. The van der Waals surface area contributed by atoms with E-state index in [9.17, 15) is 8.78 Å². The molecule has 112 valence electrons. The summed E-state index contributed by atoms with van der Waals surface area (Å²) in [4.78, 5) is 0. The quantitative estimate of drug-likeness (QED) is 0.900. The Morgan fingerprint density at radius 3 is 2.57 bits per heavy atom. The summed E-state index contributed by atoms with van der Waals surface area (Å²) in [7, 11) is 0. The SMILES string of the molecule is Cc1cc(F)c(-c2nn(C3CCCCC3)cc2N)cc1F. The van der Waals surface area contributed by atoms with Gasteiger partial charge < -0.3 is 5.73 Å². The number of nitrogen functional groups attached to an aromatic ring is 1. The van der Waals surface area contributed by atoms with Gasteiger partial charge >= 0.3 is 0 Å². The number of hydrogen-bond donors (Lipinski definition) is 1. The number of anilines is 1. The highest BCUT2D eigenvalue weighted by Crippen LogP contribution is 2.33. The zero-order valence-electron chi connectivity index (χ0n) is 12.1. The average molecular weight is 291 g/mol. The lowest BCUT2D eigenvalue weighted by molar-refractivity contribution is 0.330. The zero-order chi connectivity index (χ0) is 15.0. The Hall–Kier alpha value is -1.91. The smallest absolute Gasteiger partial charge is 0.133 e. The highest BCUT2D eigenvalue weighted by Gasteiger charge is 2.20. The Morgan fingerprint density at radius 1 is 1.14 bits per heavy atom. The van der Waals surface area contributed by atoms with Gasteiger partial charge in [-0.25, -0.2) is 8.78 Å². The van der Waals surface area contributed by atoms with Crippen molar-refractivity contribution in [2.24, 2.45) is 0 Å². The topological polar surface area (TPSA) is 43.8 Å². The minimum absolute atomic E-state index is 0.130. The van der Waals surface area contributed by atoms with E-state index < -0.39 is 11.6 Å². The highest BCUT2D eigenvalue weighted by atomic mass is 19.1. The molecule has 5 heteroatoms. The summed E-state index contributed by atoms with van der Waals surface area (Å²) in [5, 5.41) is 4.42. The maximum Gasteiger partial charge on any atom is 0.133 e. The monoisotopic (exact) mass is 291 g/mol. The minimum atomic E-state index is -0.491. The number of hydrogen-bond acceptors (Lipinski definition) is 2. The first-order valence-electron chi connectivity index (χ1n) is 7.37. The van der Waals surface area contributed by atoms with Crippen molar-refractivity contribution in [3.8, 4) is 11.3 Å². The van der Waals surface area contributed by atoms with Gasteiger partial charge in [-0.15, -0.1) is 0 Å². The molecule has 0 unspecified atom stereocenters. The highest BCUT2D eigenvalue weighted by molar-refractivity contribution is 5.72. The van der Waals surface area contributed by atoms with E-state index in [1.165, 1.54) is 38.3 Å².